The van der Waals surface area contributed by atoms with E-state index in [1.165, 1.54) is 63.7 Å². The fraction of sp³-hybridized carbons (Fsp3) is 0.900. The lowest BCUT2D eigenvalue weighted by atomic mass is 9.76. The van der Waals surface area contributed by atoms with Crippen LogP contribution in [0.4, 0.5) is 0 Å². The summed E-state index contributed by atoms with van der Waals surface area (Å²) in [6.45, 7) is 17.8. The van der Waals surface area contributed by atoms with E-state index in [1.807, 2.05) is 0 Å². The molecule has 0 unspecified atom stereocenters. The fourth-order valence-corrected chi connectivity index (χ4v) is 4.35. The van der Waals surface area contributed by atoms with Crippen molar-refractivity contribution in [3.8, 4) is 0 Å². The third kappa shape index (κ3) is 4.84. The Morgan fingerprint density at radius 2 is 1.52 bits per heavy atom. The average molecular weight is 292 g/mol. The topological polar surface area (TPSA) is 3.24 Å². The molecule has 0 spiro atoms. The van der Waals surface area contributed by atoms with Crippen molar-refractivity contribution in [2.24, 2.45) is 29.6 Å². The number of hydrogen-bond donors (Lipinski definition) is 0. The van der Waals surface area contributed by atoms with Gasteiger partial charge >= 0.3 is 0 Å². The molecule has 0 atom stereocenters. The highest BCUT2D eigenvalue weighted by molar-refractivity contribution is 5.04. The Labute approximate surface area is 133 Å². The zero-order chi connectivity index (χ0) is 15.4. The Morgan fingerprint density at radius 1 is 0.952 bits per heavy atom. The minimum absolute atomic E-state index is 0.668. The standard InChI is InChI=1S/C20H37N/c1-15(2)17(5)20-8-6-18(7-9-20)14-21-12-10-19(11-13-21)16(3)4/h15-16,18-20H,5-14H2,1-4H3. The maximum Gasteiger partial charge on any atom is 0.000967 e. The Bertz CT molecular complexity index is 315. The molecule has 1 aliphatic heterocycles. The first-order chi connectivity index (χ1) is 9.97. The van der Waals surface area contributed by atoms with Gasteiger partial charge in [0.05, 0.1) is 0 Å². The predicted molar refractivity (Wildman–Crippen MR) is 93.4 cm³/mol. The van der Waals surface area contributed by atoms with E-state index in [4.69, 9.17) is 0 Å². The van der Waals surface area contributed by atoms with Crippen LogP contribution in [0.1, 0.15) is 66.2 Å². The van der Waals surface area contributed by atoms with Crippen LogP contribution >= 0.6 is 0 Å². The van der Waals surface area contributed by atoms with Gasteiger partial charge in [0.15, 0.2) is 0 Å². The molecule has 0 bridgehead atoms. The second kappa shape index (κ2) is 7.81. The maximum atomic E-state index is 4.33. The molecule has 1 aliphatic carbocycles. The zero-order valence-corrected chi connectivity index (χ0v) is 14.9. The van der Waals surface area contributed by atoms with Crippen LogP contribution in [0.3, 0.4) is 0 Å². The molecule has 0 aromatic heterocycles. The number of piperidine rings is 1. The zero-order valence-electron chi connectivity index (χ0n) is 14.9. The van der Waals surface area contributed by atoms with Gasteiger partial charge in [-0.1, -0.05) is 39.8 Å². The number of likely N-dealkylation sites (tertiary alicyclic amines) is 1. The van der Waals surface area contributed by atoms with Crippen LogP contribution in [0.15, 0.2) is 12.2 Å². The minimum Gasteiger partial charge on any atom is -0.303 e. The molecule has 0 aromatic rings. The summed E-state index contributed by atoms with van der Waals surface area (Å²) in [5.74, 6) is 4.29. The van der Waals surface area contributed by atoms with Crippen molar-refractivity contribution in [2.75, 3.05) is 19.6 Å². The largest absolute Gasteiger partial charge is 0.303 e. The van der Waals surface area contributed by atoms with E-state index in [0.29, 0.717) is 5.92 Å². The molecule has 1 heteroatoms. The first-order valence-electron chi connectivity index (χ1n) is 9.38. The summed E-state index contributed by atoms with van der Waals surface area (Å²) >= 11 is 0. The second-order valence-electron chi connectivity index (χ2n) is 8.33. The summed E-state index contributed by atoms with van der Waals surface area (Å²) in [4.78, 5) is 2.75. The Kier molecular flexibility index (Phi) is 6.34. The van der Waals surface area contributed by atoms with E-state index in [-0.39, 0.29) is 0 Å². The summed E-state index contributed by atoms with van der Waals surface area (Å²) in [5.41, 5.74) is 1.51. The van der Waals surface area contributed by atoms with E-state index in [0.717, 1.165) is 23.7 Å². The first kappa shape index (κ1) is 17.1. The average Bonchev–Trinajstić information content (AvgIpc) is 2.47. The first-order valence-corrected chi connectivity index (χ1v) is 9.38. The van der Waals surface area contributed by atoms with Crippen molar-refractivity contribution < 1.29 is 0 Å². The Morgan fingerprint density at radius 3 is 2.00 bits per heavy atom. The summed E-state index contributed by atoms with van der Waals surface area (Å²) in [5, 5.41) is 0. The SMILES string of the molecule is C=C(C(C)C)C1CCC(CN2CCC(C(C)C)CC2)CC1. The summed E-state index contributed by atoms with van der Waals surface area (Å²) in [6, 6.07) is 0. The number of hydrogen-bond acceptors (Lipinski definition) is 1. The molecule has 0 amide bonds. The van der Waals surface area contributed by atoms with Crippen LogP contribution in [0.2, 0.25) is 0 Å². The van der Waals surface area contributed by atoms with E-state index >= 15 is 0 Å². The van der Waals surface area contributed by atoms with Gasteiger partial charge < -0.3 is 4.90 Å². The second-order valence-corrected chi connectivity index (χ2v) is 8.33. The molecular weight excluding hydrogens is 254 g/mol. The van der Waals surface area contributed by atoms with Crippen molar-refractivity contribution in [3.63, 3.8) is 0 Å². The van der Waals surface area contributed by atoms with Crippen LogP contribution in [-0.2, 0) is 0 Å². The van der Waals surface area contributed by atoms with Gasteiger partial charge in [-0.3, -0.25) is 0 Å². The molecule has 1 saturated carbocycles. The predicted octanol–water partition coefficient (Wildman–Crippen LogP) is 5.37. The van der Waals surface area contributed by atoms with Crippen molar-refractivity contribution in [3.05, 3.63) is 12.2 Å². The third-order valence-corrected chi connectivity index (χ3v) is 6.20. The Hall–Kier alpha value is -0.300. The van der Waals surface area contributed by atoms with E-state index in [2.05, 4.69) is 39.2 Å². The molecule has 2 aliphatic rings. The van der Waals surface area contributed by atoms with E-state index in [1.54, 1.807) is 0 Å². The molecule has 21 heavy (non-hydrogen) atoms. The van der Waals surface area contributed by atoms with Crippen molar-refractivity contribution in [2.45, 2.75) is 66.2 Å². The molecule has 0 N–H and O–H groups in total. The lowest BCUT2D eigenvalue weighted by Gasteiger charge is -2.38. The third-order valence-electron chi connectivity index (χ3n) is 6.20. The number of rotatable bonds is 5. The van der Waals surface area contributed by atoms with Crippen LogP contribution in [-0.4, -0.2) is 24.5 Å². The highest BCUT2D eigenvalue weighted by atomic mass is 15.1. The molecule has 2 fully saturated rings. The Balaban J connectivity index is 1.69. The lowest BCUT2D eigenvalue weighted by Crippen LogP contribution is -2.39. The van der Waals surface area contributed by atoms with Gasteiger partial charge in [-0.2, -0.15) is 0 Å². The van der Waals surface area contributed by atoms with Gasteiger partial charge in [-0.15, -0.1) is 0 Å². The van der Waals surface area contributed by atoms with Gasteiger partial charge in [0.25, 0.3) is 0 Å². The van der Waals surface area contributed by atoms with Gasteiger partial charge in [0.2, 0.25) is 0 Å². The highest BCUT2D eigenvalue weighted by Gasteiger charge is 2.27. The smallest absolute Gasteiger partial charge is 0.000967 e. The van der Waals surface area contributed by atoms with Gasteiger partial charge in [0, 0.05) is 6.54 Å². The summed E-state index contributed by atoms with van der Waals surface area (Å²) in [6.07, 6.45) is 8.50. The van der Waals surface area contributed by atoms with Crippen LogP contribution in [0, 0.1) is 29.6 Å². The molecular formula is C20H37N. The molecule has 122 valence electrons. The molecule has 1 heterocycles. The maximum absolute atomic E-state index is 4.33. The summed E-state index contributed by atoms with van der Waals surface area (Å²) < 4.78 is 0. The van der Waals surface area contributed by atoms with Crippen LogP contribution in [0.5, 0.6) is 0 Å². The normalized spacial score (nSPS) is 29.2. The number of allylic oxidation sites excluding steroid dienone is 1. The molecule has 0 radical (unpaired) electrons. The van der Waals surface area contributed by atoms with Crippen LogP contribution < -0.4 is 0 Å². The van der Waals surface area contributed by atoms with Crippen LogP contribution in [0.25, 0.3) is 0 Å². The molecule has 2 rings (SSSR count). The van der Waals surface area contributed by atoms with Gasteiger partial charge in [-0.05, 0) is 81.2 Å². The summed E-state index contributed by atoms with van der Waals surface area (Å²) in [7, 11) is 0. The molecule has 0 aromatic carbocycles. The van der Waals surface area contributed by atoms with Gasteiger partial charge in [0.1, 0.15) is 0 Å². The monoisotopic (exact) mass is 291 g/mol. The fourth-order valence-electron chi connectivity index (χ4n) is 4.35. The van der Waals surface area contributed by atoms with E-state index in [9.17, 15) is 0 Å². The van der Waals surface area contributed by atoms with Crippen molar-refractivity contribution >= 4 is 0 Å². The number of nitrogens with zero attached hydrogens (tertiary/aromatic N) is 1. The highest BCUT2D eigenvalue weighted by Crippen LogP contribution is 2.36. The molecule has 1 nitrogen and oxygen atoms in total. The van der Waals surface area contributed by atoms with Crippen molar-refractivity contribution in [1.82, 2.24) is 4.90 Å². The van der Waals surface area contributed by atoms with Crippen molar-refractivity contribution in [1.29, 1.82) is 0 Å². The van der Waals surface area contributed by atoms with Gasteiger partial charge in [-0.25, -0.2) is 0 Å². The quantitative estimate of drug-likeness (QED) is 0.615. The molecule has 1 saturated heterocycles. The minimum atomic E-state index is 0.668. The van der Waals surface area contributed by atoms with E-state index < -0.39 is 0 Å². The lowest BCUT2D eigenvalue weighted by molar-refractivity contribution is 0.123.